The Bertz CT molecular complexity index is 885. The van der Waals surface area contributed by atoms with Crippen molar-refractivity contribution in [1.82, 2.24) is 0 Å². The first-order chi connectivity index (χ1) is 14.3. The molecule has 1 fully saturated rings. The first-order valence-electron chi connectivity index (χ1n) is 10.6. The number of ketones is 1. The van der Waals surface area contributed by atoms with Gasteiger partial charge in [-0.25, -0.2) is 4.79 Å². The smallest absolute Gasteiger partial charge is 0.336 e. The molecule has 30 heavy (non-hydrogen) atoms. The van der Waals surface area contributed by atoms with Gasteiger partial charge in [0.25, 0.3) is 0 Å². The molecule has 1 aliphatic heterocycles. The van der Waals surface area contributed by atoms with Gasteiger partial charge in [0.1, 0.15) is 5.78 Å². The predicted octanol–water partition coefficient (Wildman–Crippen LogP) is 3.33. The van der Waals surface area contributed by atoms with Gasteiger partial charge in [0, 0.05) is 24.6 Å². The molecule has 1 saturated carbocycles. The van der Waals surface area contributed by atoms with Crippen LogP contribution in [0.15, 0.2) is 40.5 Å². The largest absolute Gasteiger partial charge is 0.463 e. The summed E-state index contributed by atoms with van der Waals surface area (Å²) in [6.45, 7) is 9.12. The van der Waals surface area contributed by atoms with Crippen molar-refractivity contribution >= 4 is 17.5 Å². The fraction of sp³-hybridized carbons (Fsp3) is 0.542. The Morgan fingerprint density at radius 2 is 2.03 bits per heavy atom. The van der Waals surface area contributed by atoms with E-state index in [9.17, 15) is 9.59 Å². The molecule has 2 aliphatic rings. The molecule has 2 atom stereocenters. The number of aliphatic imine (C=N–C) groups is 1. The third-order valence-corrected chi connectivity index (χ3v) is 5.65. The zero-order chi connectivity index (χ0) is 21.9. The van der Waals surface area contributed by atoms with Gasteiger partial charge in [-0.15, -0.1) is 0 Å². The van der Waals surface area contributed by atoms with Crippen LogP contribution in [0, 0.1) is 18.3 Å². The van der Waals surface area contributed by atoms with Gasteiger partial charge in [-0.3, -0.25) is 9.79 Å². The molecule has 0 bridgehead atoms. The SMILES string of the molecule is CCOC(=O)C1=C(COCCN)N=C2CC(C)(C)CC(=O)C2C1c1cccc(C)c1. The molecule has 162 valence electrons. The van der Waals surface area contributed by atoms with Gasteiger partial charge in [0.15, 0.2) is 0 Å². The number of fused-ring (bicyclic) bond motifs is 1. The number of ether oxygens (including phenoxy) is 2. The van der Waals surface area contributed by atoms with Crippen molar-refractivity contribution in [2.45, 2.75) is 46.5 Å². The van der Waals surface area contributed by atoms with Crippen LogP contribution in [0.1, 0.15) is 50.7 Å². The summed E-state index contributed by atoms with van der Waals surface area (Å²) in [5.74, 6) is -1.18. The Balaban J connectivity index is 2.18. The molecular weight excluding hydrogens is 380 g/mol. The summed E-state index contributed by atoms with van der Waals surface area (Å²) >= 11 is 0. The van der Waals surface area contributed by atoms with Crippen molar-refractivity contribution < 1.29 is 19.1 Å². The zero-order valence-corrected chi connectivity index (χ0v) is 18.4. The van der Waals surface area contributed by atoms with Gasteiger partial charge in [-0.1, -0.05) is 43.7 Å². The van der Waals surface area contributed by atoms with E-state index >= 15 is 0 Å². The number of carbonyl (C=O) groups excluding carboxylic acids is 2. The van der Waals surface area contributed by atoms with Gasteiger partial charge < -0.3 is 15.2 Å². The average molecular weight is 413 g/mol. The number of esters is 1. The van der Waals surface area contributed by atoms with Crippen molar-refractivity contribution in [3.8, 4) is 0 Å². The number of benzene rings is 1. The van der Waals surface area contributed by atoms with Gasteiger partial charge >= 0.3 is 5.97 Å². The summed E-state index contributed by atoms with van der Waals surface area (Å²) in [4.78, 5) is 31.2. The van der Waals surface area contributed by atoms with E-state index in [1.165, 1.54) is 0 Å². The van der Waals surface area contributed by atoms with Gasteiger partial charge in [0.2, 0.25) is 0 Å². The van der Waals surface area contributed by atoms with Crippen LogP contribution in [0.25, 0.3) is 0 Å². The van der Waals surface area contributed by atoms with Crippen LogP contribution in [0.5, 0.6) is 0 Å². The maximum atomic E-state index is 13.3. The molecule has 6 heteroatoms. The molecule has 2 N–H and O–H groups in total. The number of carbonyl (C=O) groups is 2. The van der Waals surface area contributed by atoms with Gasteiger partial charge in [-0.2, -0.15) is 0 Å². The minimum atomic E-state index is -0.447. The summed E-state index contributed by atoms with van der Waals surface area (Å²) in [5, 5.41) is 0. The fourth-order valence-corrected chi connectivity index (χ4v) is 4.54. The lowest BCUT2D eigenvalue weighted by atomic mass is 9.63. The molecule has 0 radical (unpaired) electrons. The molecule has 1 aromatic rings. The number of Topliss-reactive ketones (excluding diaryl/α,β-unsaturated/α-hetero) is 1. The number of nitrogens with two attached hydrogens (primary N) is 1. The van der Waals surface area contributed by atoms with E-state index < -0.39 is 17.8 Å². The van der Waals surface area contributed by atoms with Crippen molar-refractivity contribution in [1.29, 1.82) is 0 Å². The van der Waals surface area contributed by atoms with E-state index in [1.807, 2.05) is 31.2 Å². The van der Waals surface area contributed by atoms with Crippen molar-refractivity contribution in [3.05, 3.63) is 46.7 Å². The van der Waals surface area contributed by atoms with Crippen LogP contribution in [0.2, 0.25) is 0 Å². The lowest BCUT2D eigenvalue weighted by molar-refractivity contribution is -0.139. The van der Waals surface area contributed by atoms with E-state index in [0.29, 0.717) is 37.3 Å². The van der Waals surface area contributed by atoms with E-state index in [0.717, 1.165) is 16.8 Å². The number of hydrogen-bond donors (Lipinski definition) is 1. The molecule has 0 amide bonds. The summed E-state index contributed by atoms with van der Waals surface area (Å²) in [5.41, 5.74) is 9.23. The van der Waals surface area contributed by atoms with Crippen molar-refractivity contribution in [2.75, 3.05) is 26.4 Å². The molecule has 3 rings (SSSR count). The van der Waals surface area contributed by atoms with E-state index in [-0.39, 0.29) is 24.4 Å². The highest BCUT2D eigenvalue weighted by Gasteiger charge is 2.48. The molecule has 0 saturated heterocycles. The topological polar surface area (TPSA) is 91.0 Å². The molecular formula is C24H32N2O4. The second-order valence-electron chi connectivity index (χ2n) is 8.88. The first kappa shape index (κ1) is 22.4. The Kier molecular flexibility index (Phi) is 6.88. The van der Waals surface area contributed by atoms with Crippen LogP contribution in [0.3, 0.4) is 0 Å². The number of hydrogen-bond acceptors (Lipinski definition) is 6. The third kappa shape index (κ3) is 4.71. The third-order valence-electron chi connectivity index (χ3n) is 5.65. The highest BCUT2D eigenvalue weighted by molar-refractivity contribution is 6.12. The molecule has 2 unspecified atom stereocenters. The Morgan fingerprint density at radius 1 is 1.27 bits per heavy atom. The van der Waals surface area contributed by atoms with Crippen molar-refractivity contribution in [2.24, 2.45) is 22.1 Å². The molecule has 6 nitrogen and oxygen atoms in total. The minimum absolute atomic E-state index is 0.125. The number of nitrogens with zero attached hydrogens (tertiary/aromatic N) is 1. The standard InChI is InChI=1S/C24H32N2O4/c1-5-30-23(28)22-18(14-29-10-9-25)26-17-12-24(3,4)13-19(27)21(17)20(22)16-8-6-7-15(2)11-16/h6-8,11,20-21H,5,9-10,12-14,25H2,1-4H3. The number of rotatable bonds is 7. The second-order valence-corrected chi connectivity index (χ2v) is 8.88. The van der Waals surface area contributed by atoms with Crippen LogP contribution in [-0.4, -0.2) is 43.8 Å². The lowest BCUT2D eigenvalue weighted by Crippen LogP contribution is -2.44. The van der Waals surface area contributed by atoms with Crippen LogP contribution in [0.4, 0.5) is 0 Å². The lowest BCUT2D eigenvalue weighted by Gasteiger charge is -2.41. The molecule has 0 spiro atoms. The van der Waals surface area contributed by atoms with Gasteiger partial charge in [0.05, 0.1) is 37.0 Å². The summed E-state index contributed by atoms with van der Waals surface area (Å²) in [6, 6.07) is 7.98. The second kappa shape index (κ2) is 9.23. The predicted molar refractivity (Wildman–Crippen MR) is 116 cm³/mol. The monoisotopic (exact) mass is 412 g/mol. The van der Waals surface area contributed by atoms with Crippen LogP contribution in [-0.2, 0) is 19.1 Å². The van der Waals surface area contributed by atoms with Crippen molar-refractivity contribution in [3.63, 3.8) is 0 Å². The molecule has 1 aromatic carbocycles. The quantitative estimate of drug-likeness (QED) is 0.548. The van der Waals surface area contributed by atoms with E-state index in [1.54, 1.807) is 6.92 Å². The van der Waals surface area contributed by atoms with E-state index in [2.05, 4.69) is 13.8 Å². The summed E-state index contributed by atoms with van der Waals surface area (Å²) in [6.07, 6.45) is 1.18. The Morgan fingerprint density at radius 3 is 2.70 bits per heavy atom. The maximum Gasteiger partial charge on any atom is 0.336 e. The maximum absolute atomic E-state index is 13.3. The Labute approximate surface area is 178 Å². The molecule has 0 aromatic heterocycles. The average Bonchev–Trinajstić information content (AvgIpc) is 2.66. The first-order valence-corrected chi connectivity index (χ1v) is 10.6. The molecule has 1 heterocycles. The minimum Gasteiger partial charge on any atom is -0.463 e. The van der Waals surface area contributed by atoms with Crippen LogP contribution < -0.4 is 5.73 Å². The van der Waals surface area contributed by atoms with Gasteiger partial charge in [-0.05, 0) is 31.2 Å². The van der Waals surface area contributed by atoms with E-state index in [4.69, 9.17) is 20.2 Å². The van der Waals surface area contributed by atoms with Crippen LogP contribution >= 0.6 is 0 Å². The summed E-state index contributed by atoms with van der Waals surface area (Å²) < 4.78 is 11.1. The zero-order valence-electron chi connectivity index (χ0n) is 18.4. The number of aryl methyl sites for hydroxylation is 1. The highest BCUT2D eigenvalue weighted by atomic mass is 16.5. The Hall–Kier alpha value is -2.31. The fourth-order valence-electron chi connectivity index (χ4n) is 4.54. The highest BCUT2D eigenvalue weighted by Crippen LogP contribution is 2.47. The molecule has 1 aliphatic carbocycles. The summed E-state index contributed by atoms with van der Waals surface area (Å²) in [7, 11) is 0. The normalized spacial score (nSPS) is 23.1.